The lowest BCUT2D eigenvalue weighted by Crippen LogP contribution is -2.67. The molecule has 0 radical (unpaired) electrons. The number of amides is 1. The number of nitrogens with zero attached hydrogens (tertiary/aromatic N) is 1. The fourth-order valence-corrected chi connectivity index (χ4v) is 5.62. The van der Waals surface area contributed by atoms with Crippen LogP contribution in [0.4, 0.5) is 4.39 Å². The van der Waals surface area contributed by atoms with E-state index in [1.807, 2.05) is 0 Å². The Bertz CT molecular complexity index is 1090. The molecule has 1 atom stereocenters. The molecule has 4 rings (SSSR count). The smallest absolute Gasteiger partial charge is 0.228 e. The molecule has 1 amide bonds. The van der Waals surface area contributed by atoms with Crippen LogP contribution in [0.25, 0.3) is 6.08 Å². The lowest BCUT2D eigenvalue weighted by Gasteiger charge is -2.44. The summed E-state index contributed by atoms with van der Waals surface area (Å²) in [6.07, 6.45) is 1.10. The lowest BCUT2D eigenvalue weighted by molar-refractivity contribution is -0.150. The molecule has 2 fully saturated rings. The highest BCUT2D eigenvalue weighted by atomic mass is 35.5. The zero-order valence-corrected chi connectivity index (χ0v) is 15.4. The van der Waals surface area contributed by atoms with E-state index in [2.05, 4.69) is 0 Å². The SMILES string of the molecule is O=C1CC2(S(=O)(=O)c3ccc(Cl)cc3)C(=O)C(=Cc3ccc(F)cc3)CN12. The molecule has 2 aliphatic heterocycles. The van der Waals surface area contributed by atoms with Crippen LogP contribution in [0.2, 0.25) is 5.02 Å². The van der Waals surface area contributed by atoms with Gasteiger partial charge in [0.15, 0.2) is 0 Å². The van der Waals surface area contributed by atoms with Crippen LogP contribution in [0.1, 0.15) is 12.0 Å². The van der Waals surface area contributed by atoms with E-state index in [1.165, 1.54) is 54.6 Å². The molecule has 2 aromatic rings. The Morgan fingerprint density at radius 2 is 1.67 bits per heavy atom. The van der Waals surface area contributed by atoms with Gasteiger partial charge < -0.3 is 4.90 Å². The first-order valence-electron chi connectivity index (χ1n) is 8.07. The summed E-state index contributed by atoms with van der Waals surface area (Å²) in [4.78, 5) is 24.2. The molecule has 0 bridgehead atoms. The summed E-state index contributed by atoms with van der Waals surface area (Å²) in [5.41, 5.74) is 0.749. The van der Waals surface area contributed by atoms with Gasteiger partial charge in [-0.2, -0.15) is 0 Å². The summed E-state index contributed by atoms with van der Waals surface area (Å²) in [7, 11) is -4.14. The average molecular weight is 406 g/mol. The van der Waals surface area contributed by atoms with Gasteiger partial charge in [-0.05, 0) is 48.0 Å². The number of hydrogen-bond donors (Lipinski definition) is 0. The second kappa shape index (κ2) is 6.00. The summed E-state index contributed by atoms with van der Waals surface area (Å²) < 4.78 is 39.5. The molecule has 0 aliphatic carbocycles. The highest BCUT2D eigenvalue weighted by molar-refractivity contribution is 7.93. The number of β-lactam (4-membered cyclic amide) rings is 1. The number of carbonyl (C=O) groups is 2. The minimum Gasteiger partial charge on any atom is -0.311 e. The number of benzene rings is 2. The van der Waals surface area contributed by atoms with Gasteiger partial charge >= 0.3 is 0 Å². The number of fused-ring (bicyclic) bond motifs is 1. The van der Waals surface area contributed by atoms with Crippen molar-refractivity contribution in [2.45, 2.75) is 16.2 Å². The van der Waals surface area contributed by atoms with E-state index in [0.29, 0.717) is 10.6 Å². The van der Waals surface area contributed by atoms with E-state index in [0.717, 1.165) is 4.90 Å². The standard InChI is InChI=1S/C19H13ClFNO4S/c20-14-3-7-16(8-4-14)27(25,26)19-10-17(23)22(19)11-13(18(19)24)9-12-1-5-15(21)6-2-12/h1-9H,10-11H2. The van der Waals surface area contributed by atoms with Crippen LogP contribution in [-0.2, 0) is 19.4 Å². The molecular weight excluding hydrogens is 393 g/mol. The molecule has 2 saturated heterocycles. The molecule has 0 saturated carbocycles. The second-order valence-electron chi connectivity index (χ2n) is 6.45. The van der Waals surface area contributed by atoms with E-state index in [-0.39, 0.29) is 17.0 Å². The van der Waals surface area contributed by atoms with Crippen molar-refractivity contribution >= 4 is 39.2 Å². The van der Waals surface area contributed by atoms with Crippen molar-refractivity contribution < 1.29 is 22.4 Å². The molecule has 0 aromatic heterocycles. The van der Waals surface area contributed by atoms with Gasteiger partial charge in [0, 0.05) is 10.6 Å². The molecule has 0 spiro atoms. The predicted octanol–water partition coefficient (Wildman–Crippen LogP) is 2.85. The summed E-state index contributed by atoms with van der Waals surface area (Å²) in [6, 6.07) is 10.9. The van der Waals surface area contributed by atoms with Crippen molar-refractivity contribution in [2.24, 2.45) is 0 Å². The normalized spacial score (nSPS) is 23.5. The van der Waals surface area contributed by atoms with E-state index >= 15 is 0 Å². The maximum atomic E-state index is 13.2. The molecule has 2 aromatic carbocycles. The van der Waals surface area contributed by atoms with Gasteiger partial charge in [0.2, 0.25) is 26.4 Å². The molecule has 2 aliphatic rings. The zero-order valence-electron chi connectivity index (χ0n) is 13.9. The van der Waals surface area contributed by atoms with Crippen molar-refractivity contribution in [1.82, 2.24) is 4.90 Å². The second-order valence-corrected chi connectivity index (χ2v) is 9.04. The van der Waals surface area contributed by atoms with Crippen LogP contribution < -0.4 is 0 Å². The Labute approximate surface area is 160 Å². The molecule has 2 heterocycles. The highest BCUT2D eigenvalue weighted by Gasteiger charge is 2.69. The first-order valence-corrected chi connectivity index (χ1v) is 9.93. The van der Waals surface area contributed by atoms with E-state index < -0.39 is 38.6 Å². The van der Waals surface area contributed by atoms with Crippen molar-refractivity contribution in [3.05, 3.63) is 70.5 Å². The predicted molar refractivity (Wildman–Crippen MR) is 97.1 cm³/mol. The van der Waals surface area contributed by atoms with Crippen LogP contribution in [0.15, 0.2) is 59.0 Å². The van der Waals surface area contributed by atoms with E-state index in [1.54, 1.807) is 0 Å². The fourth-order valence-electron chi connectivity index (χ4n) is 3.46. The number of ketones is 1. The average Bonchev–Trinajstić information content (AvgIpc) is 2.86. The van der Waals surface area contributed by atoms with Crippen molar-refractivity contribution in [1.29, 1.82) is 0 Å². The summed E-state index contributed by atoms with van der Waals surface area (Å²) in [5.74, 6) is -1.44. The Morgan fingerprint density at radius 3 is 2.26 bits per heavy atom. The van der Waals surface area contributed by atoms with E-state index in [4.69, 9.17) is 11.6 Å². The van der Waals surface area contributed by atoms with Crippen LogP contribution in [-0.4, -0.2) is 36.4 Å². The minimum atomic E-state index is -4.14. The first kappa shape index (κ1) is 17.9. The number of sulfone groups is 1. The number of halogens is 2. The lowest BCUT2D eigenvalue weighted by atomic mass is 9.99. The van der Waals surface area contributed by atoms with Gasteiger partial charge in [0.1, 0.15) is 5.82 Å². The summed E-state index contributed by atoms with van der Waals surface area (Å²) >= 11 is 5.81. The molecule has 5 nitrogen and oxygen atoms in total. The largest absolute Gasteiger partial charge is 0.311 e. The Balaban J connectivity index is 1.78. The highest BCUT2D eigenvalue weighted by Crippen LogP contribution is 2.48. The topological polar surface area (TPSA) is 71.5 Å². The molecule has 138 valence electrons. The third-order valence-electron chi connectivity index (χ3n) is 4.88. The monoisotopic (exact) mass is 405 g/mol. The maximum Gasteiger partial charge on any atom is 0.228 e. The van der Waals surface area contributed by atoms with Gasteiger partial charge in [-0.3, -0.25) is 9.59 Å². The Kier molecular flexibility index (Phi) is 3.98. The fraction of sp³-hybridized carbons (Fsp3) is 0.158. The van der Waals surface area contributed by atoms with Crippen molar-refractivity contribution in [2.75, 3.05) is 6.54 Å². The van der Waals surface area contributed by atoms with Crippen molar-refractivity contribution in [3.63, 3.8) is 0 Å². The number of Topliss-reactive ketones (excluding diaryl/α,β-unsaturated/α-hetero) is 1. The third kappa shape index (κ3) is 2.53. The van der Waals surface area contributed by atoms with Gasteiger partial charge in [0.25, 0.3) is 0 Å². The Morgan fingerprint density at radius 1 is 1.04 bits per heavy atom. The van der Waals surface area contributed by atoms with Crippen LogP contribution in [0.3, 0.4) is 0 Å². The summed E-state index contributed by atoms with van der Waals surface area (Å²) in [5, 5.41) is 0.364. The molecule has 8 heteroatoms. The van der Waals surface area contributed by atoms with E-state index in [9.17, 15) is 22.4 Å². The third-order valence-corrected chi connectivity index (χ3v) is 7.47. The number of hydrogen-bond acceptors (Lipinski definition) is 4. The molecule has 1 unspecified atom stereocenters. The molecular formula is C19H13ClFNO4S. The Hall–Kier alpha value is -2.51. The summed E-state index contributed by atoms with van der Waals surface area (Å²) in [6.45, 7) is -0.0954. The number of rotatable bonds is 3. The van der Waals surface area contributed by atoms with Gasteiger partial charge in [0.05, 0.1) is 17.9 Å². The maximum absolute atomic E-state index is 13.2. The first-order chi connectivity index (χ1) is 12.8. The van der Waals surface area contributed by atoms with Gasteiger partial charge in [-0.15, -0.1) is 0 Å². The quantitative estimate of drug-likeness (QED) is 0.581. The van der Waals surface area contributed by atoms with Gasteiger partial charge in [-0.25, -0.2) is 12.8 Å². The zero-order chi connectivity index (χ0) is 19.4. The minimum absolute atomic E-state index is 0.0687. The van der Waals surface area contributed by atoms with Crippen LogP contribution >= 0.6 is 11.6 Å². The van der Waals surface area contributed by atoms with Crippen LogP contribution in [0, 0.1) is 5.82 Å². The van der Waals surface area contributed by atoms with Crippen molar-refractivity contribution in [3.8, 4) is 0 Å². The molecule has 27 heavy (non-hydrogen) atoms. The van der Waals surface area contributed by atoms with Gasteiger partial charge in [-0.1, -0.05) is 23.7 Å². The molecule has 0 N–H and O–H groups in total. The van der Waals surface area contributed by atoms with Crippen LogP contribution in [0.5, 0.6) is 0 Å². The number of carbonyl (C=O) groups excluding carboxylic acids is 2.